The molecule has 1 aliphatic carbocycles. The first-order valence-corrected chi connectivity index (χ1v) is 8.10. The quantitative estimate of drug-likeness (QED) is 0.886. The summed E-state index contributed by atoms with van der Waals surface area (Å²) in [7, 11) is 0. The van der Waals surface area contributed by atoms with Crippen molar-refractivity contribution in [1.82, 2.24) is 10.2 Å². The van der Waals surface area contributed by atoms with Crippen molar-refractivity contribution >= 4 is 5.91 Å². The lowest BCUT2D eigenvalue weighted by Crippen LogP contribution is -2.48. The monoisotopic (exact) mass is 306 g/mol. The summed E-state index contributed by atoms with van der Waals surface area (Å²) in [6.45, 7) is 2.08. The Kier molecular flexibility index (Phi) is 4.74. The van der Waals surface area contributed by atoms with Gasteiger partial charge in [0.15, 0.2) is 0 Å². The van der Waals surface area contributed by atoms with Gasteiger partial charge in [0.2, 0.25) is 5.91 Å². The van der Waals surface area contributed by atoms with Gasteiger partial charge in [-0.15, -0.1) is 0 Å². The fourth-order valence-electron chi connectivity index (χ4n) is 3.66. The molecule has 1 aliphatic heterocycles. The molecule has 2 fully saturated rings. The molecule has 0 aromatic heterocycles. The average molecular weight is 306 g/mol. The van der Waals surface area contributed by atoms with E-state index in [0.29, 0.717) is 5.56 Å². The van der Waals surface area contributed by atoms with Gasteiger partial charge in [-0.3, -0.25) is 9.69 Å². The second-order valence-corrected chi connectivity index (χ2v) is 6.32. The number of benzene rings is 1. The highest BCUT2D eigenvalue weighted by Gasteiger charge is 2.39. The van der Waals surface area contributed by atoms with Gasteiger partial charge < -0.3 is 10.4 Å². The number of amides is 1. The van der Waals surface area contributed by atoms with E-state index in [-0.39, 0.29) is 30.2 Å². The van der Waals surface area contributed by atoms with E-state index in [0.717, 1.165) is 25.9 Å². The van der Waals surface area contributed by atoms with Crippen LogP contribution in [0.1, 0.15) is 31.2 Å². The minimum absolute atomic E-state index is 0.0181. The van der Waals surface area contributed by atoms with Gasteiger partial charge in [-0.1, -0.05) is 18.2 Å². The first-order valence-electron chi connectivity index (χ1n) is 8.10. The smallest absolute Gasteiger partial charge is 0.224 e. The molecule has 120 valence electrons. The SMILES string of the molecule is O=C(Cc1ccccc1F)N[C@@H]1CC[C@@H](N2CCCC2)[C@@H]1O. The third-order valence-electron chi connectivity index (χ3n) is 4.84. The molecular weight excluding hydrogens is 283 g/mol. The van der Waals surface area contributed by atoms with Crippen LogP contribution in [0.4, 0.5) is 4.39 Å². The summed E-state index contributed by atoms with van der Waals surface area (Å²) in [5, 5.41) is 13.3. The van der Waals surface area contributed by atoms with E-state index in [1.54, 1.807) is 18.2 Å². The molecule has 3 atom stereocenters. The van der Waals surface area contributed by atoms with Crippen molar-refractivity contribution in [3.05, 3.63) is 35.6 Å². The maximum absolute atomic E-state index is 13.6. The molecule has 0 radical (unpaired) electrons. The van der Waals surface area contributed by atoms with Crippen molar-refractivity contribution in [2.75, 3.05) is 13.1 Å². The average Bonchev–Trinajstić information content (AvgIpc) is 3.12. The Morgan fingerprint density at radius 3 is 2.73 bits per heavy atom. The van der Waals surface area contributed by atoms with Crippen molar-refractivity contribution in [2.24, 2.45) is 0 Å². The normalized spacial score (nSPS) is 28.9. The van der Waals surface area contributed by atoms with E-state index in [4.69, 9.17) is 0 Å². The van der Waals surface area contributed by atoms with Gasteiger partial charge in [0.25, 0.3) is 0 Å². The predicted octanol–water partition coefficient (Wildman–Crippen LogP) is 1.47. The van der Waals surface area contributed by atoms with E-state index >= 15 is 0 Å². The van der Waals surface area contributed by atoms with Crippen LogP contribution >= 0.6 is 0 Å². The molecule has 1 amide bonds. The Labute approximate surface area is 130 Å². The van der Waals surface area contributed by atoms with Crippen LogP contribution in [0.3, 0.4) is 0 Å². The van der Waals surface area contributed by atoms with E-state index in [2.05, 4.69) is 10.2 Å². The molecule has 4 nitrogen and oxygen atoms in total. The van der Waals surface area contributed by atoms with Crippen LogP contribution in [0, 0.1) is 5.82 Å². The molecule has 1 saturated heterocycles. The number of carbonyl (C=O) groups excluding carboxylic acids is 1. The molecule has 1 heterocycles. The Morgan fingerprint density at radius 1 is 1.27 bits per heavy atom. The van der Waals surface area contributed by atoms with Gasteiger partial charge in [-0.25, -0.2) is 4.39 Å². The molecule has 2 N–H and O–H groups in total. The third kappa shape index (κ3) is 3.31. The molecule has 1 saturated carbocycles. The molecule has 1 aromatic rings. The number of rotatable bonds is 4. The largest absolute Gasteiger partial charge is 0.389 e. The fraction of sp³-hybridized carbons (Fsp3) is 0.588. The highest BCUT2D eigenvalue weighted by Crippen LogP contribution is 2.27. The lowest BCUT2D eigenvalue weighted by molar-refractivity contribution is -0.122. The highest BCUT2D eigenvalue weighted by atomic mass is 19.1. The number of hydrogen-bond acceptors (Lipinski definition) is 3. The van der Waals surface area contributed by atoms with Crippen LogP contribution in [0.5, 0.6) is 0 Å². The summed E-state index contributed by atoms with van der Waals surface area (Å²) in [5.74, 6) is -0.587. The molecule has 1 aromatic carbocycles. The van der Waals surface area contributed by atoms with Crippen molar-refractivity contribution in [2.45, 2.75) is 50.3 Å². The maximum Gasteiger partial charge on any atom is 0.224 e. The highest BCUT2D eigenvalue weighted by molar-refractivity contribution is 5.79. The number of likely N-dealkylation sites (tertiary alicyclic amines) is 1. The standard InChI is InChI=1S/C17H23FN2O2/c18-13-6-2-1-5-12(13)11-16(21)19-14-7-8-15(17(14)22)20-9-3-4-10-20/h1-2,5-6,14-15,17,22H,3-4,7-11H2,(H,19,21)/t14-,15-,17-/m1/s1. The van der Waals surface area contributed by atoms with Crippen LogP contribution in [-0.4, -0.2) is 47.2 Å². The van der Waals surface area contributed by atoms with Crippen molar-refractivity contribution in [3.8, 4) is 0 Å². The number of nitrogens with one attached hydrogen (secondary N) is 1. The third-order valence-corrected chi connectivity index (χ3v) is 4.84. The molecule has 0 unspecified atom stereocenters. The molecule has 5 heteroatoms. The van der Waals surface area contributed by atoms with Crippen LogP contribution in [-0.2, 0) is 11.2 Å². The molecule has 2 aliphatic rings. The van der Waals surface area contributed by atoms with Crippen LogP contribution < -0.4 is 5.32 Å². The summed E-state index contributed by atoms with van der Waals surface area (Å²) in [6.07, 6.45) is 3.56. The second-order valence-electron chi connectivity index (χ2n) is 6.32. The van der Waals surface area contributed by atoms with Crippen LogP contribution in [0.2, 0.25) is 0 Å². The van der Waals surface area contributed by atoms with Crippen LogP contribution in [0.15, 0.2) is 24.3 Å². The number of hydrogen-bond donors (Lipinski definition) is 2. The first-order chi connectivity index (χ1) is 10.6. The second kappa shape index (κ2) is 6.75. The van der Waals surface area contributed by atoms with Gasteiger partial charge in [0.05, 0.1) is 18.6 Å². The van der Waals surface area contributed by atoms with Gasteiger partial charge in [0, 0.05) is 6.04 Å². The van der Waals surface area contributed by atoms with Gasteiger partial charge in [-0.2, -0.15) is 0 Å². The molecule has 3 rings (SSSR count). The van der Waals surface area contributed by atoms with Crippen molar-refractivity contribution in [1.29, 1.82) is 0 Å². The lowest BCUT2D eigenvalue weighted by atomic mass is 10.1. The summed E-state index contributed by atoms with van der Waals surface area (Å²) < 4.78 is 13.6. The zero-order chi connectivity index (χ0) is 15.5. The number of halogens is 1. The van der Waals surface area contributed by atoms with Gasteiger partial charge in [-0.05, 0) is 50.4 Å². The Balaban J connectivity index is 1.55. The van der Waals surface area contributed by atoms with E-state index < -0.39 is 6.10 Å². The minimum Gasteiger partial charge on any atom is -0.389 e. The zero-order valence-electron chi connectivity index (χ0n) is 12.7. The lowest BCUT2D eigenvalue weighted by Gasteiger charge is -2.28. The van der Waals surface area contributed by atoms with E-state index in [1.807, 2.05) is 0 Å². The Hall–Kier alpha value is -1.46. The summed E-state index contributed by atoms with van der Waals surface area (Å²) >= 11 is 0. The van der Waals surface area contributed by atoms with E-state index in [1.165, 1.54) is 18.9 Å². The fourth-order valence-corrected chi connectivity index (χ4v) is 3.66. The molecule has 0 spiro atoms. The molecular formula is C17H23FN2O2. The summed E-state index contributed by atoms with van der Waals surface area (Å²) in [5.41, 5.74) is 0.392. The minimum atomic E-state index is -0.525. The van der Waals surface area contributed by atoms with Crippen molar-refractivity contribution in [3.63, 3.8) is 0 Å². The number of carbonyl (C=O) groups is 1. The van der Waals surface area contributed by atoms with Gasteiger partial charge >= 0.3 is 0 Å². The zero-order valence-corrected chi connectivity index (χ0v) is 12.7. The number of aliphatic hydroxyl groups excluding tert-OH is 1. The Bertz CT molecular complexity index is 531. The van der Waals surface area contributed by atoms with Gasteiger partial charge in [0.1, 0.15) is 5.82 Å². The molecule has 0 bridgehead atoms. The molecule has 22 heavy (non-hydrogen) atoms. The maximum atomic E-state index is 13.6. The summed E-state index contributed by atoms with van der Waals surface area (Å²) in [6, 6.07) is 6.24. The number of nitrogens with zero attached hydrogens (tertiary/aromatic N) is 1. The number of aliphatic hydroxyl groups is 1. The Morgan fingerprint density at radius 2 is 2.00 bits per heavy atom. The van der Waals surface area contributed by atoms with Crippen molar-refractivity contribution < 1.29 is 14.3 Å². The summed E-state index contributed by atoms with van der Waals surface area (Å²) in [4.78, 5) is 14.4. The topological polar surface area (TPSA) is 52.6 Å². The van der Waals surface area contributed by atoms with Crippen LogP contribution in [0.25, 0.3) is 0 Å². The van der Waals surface area contributed by atoms with E-state index in [9.17, 15) is 14.3 Å². The predicted molar refractivity (Wildman–Crippen MR) is 81.9 cm³/mol. The first kappa shape index (κ1) is 15.4.